The molecule has 35 heavy (non-hydrogen) atoms. The Morgan fingerprint density at radius 1 is 1.14 bits per heavy atom. The Hall–Kier alpha value is -2.13. The number of hydroxylamine groups is 3. The second-order valence-corrected chi connectivity index (χ2v) is 12.2. The third kappa shape index (κ3) is 2.91. The van der Waals surface area contributed by atoms with Crippen LogP contribution in [-0.4, -0.2) is 62.9 Å². The number of ether oxygens (including phenoxy) is 1. The molecule has 2 saturated carbocycles. The molecule has 7 rings (SSSR count). The average Bonchev–Trinajstić information content (AvgIpc) is 3.56. The van der Waals surface area contributed by atoms with Crippen LogP contribution in [0.15, 0.2) is 40.9 Å². The quantitative estimate of drug-likeness (QED) is 0.444. The molecule has 1 amide bonds. The lowest BCUT2D eigenvalue weighted by molar-refractivity contribution is -1.13. The summed E-state index contributed by atoms with van der Waals surface area (Å²) in [4.78, 5) is 13.2. The summed E-state index contributed by atoms with van der Waals surface area (Å²) in [5, 5.41) is 38.3. The van der Waals surface area contributed by atoms with Crippen molar-refractivity contribution in [2.24, 2.45) is 5.92 Å². The molecule has 0 aromatic heterocycles. The molecular formula is C27H30BrN2O5+. The molecule has 0 radical (unpaired) electrons. The van der Waals surface area contributed by atoms with E-state index in [9.17, 15) is 20.2 Å². The van der Waals surface area contributed by atoms with E-state index in [0.29, 0.717) is 56.0 Å². The average molecular weight is 542 g/mol. The van der Waals surface area contributed by atoms with Gasteiger partial charge < -0.3 is 20.3 Å². The minimum absolute atomic E-state index is 0.0691. The predicted molar refractivity (Wildman–Crippen MR) is 130 cm³/mol. The van der Waals surface area contributed by atoms with Crippen molar-refractivity contribution in [3.8, 4) is 11.5 Å². The van der Waals surface area contributed by atoms with Crippen LogP contribution in [0.4, 0.5) is 0 Å². The van der Waals surface area contributed by atoms with E-state index in [0.717, 1.165) is 28.4 Å². The lowest BCUT2D eigenvalue weighted by Crippen LogP contribution is -2.82. The first-order valence-corrected chi connectivity index (χ1v) is 13.4. The first-order valence-electron chi connectivity index (χ1n) is 12.7. The molecule has 2 bridgehead atoms. The number of rotatable bonds is 4. The molecule has 6 atom stereocenters. The fraction of sp³-hybridized carbons (Fsp3) is 0.519. The van der Waals surface area contributed by atoms with Crippen LogP contribution in [0.3, 0.4) is 0 Å². The van der Waals surface area contributed by atoms with Gasteiger partial charge in [0.1, 0.15) is 24.8 Å². The summed E-state index contributed by atoms with van der Waals surface area (Å²) in [6, 6.07) is 10.1. The largest absolute Gasteiger partial charge is 0.504 e. The third-order valence-corrected chi connectivity index (χ3v) is 10.0. The summed E-state index contributed by atoms with van der Waals surface area (Å²) in [6.07, 6.45) is 3.86. The molecule has 3 aliphatic carbocycles. The van der Waals surface area contributed by atoms with Crippen molar-refractivity contribution in [3.63, 3.8) is 0 Å². The SMILES string of the molecule is O=C(N[C@@H]1CC[C@@]2(O)[C@H]3Cc4ccc(O)c5c4[C@@]2(CC[N+]3(O)CC2CC2)[C@H]1O5)c1ccc(Br)cc1. The number of phenols is 1. The van der Waals surface area contributed by atoms with Gasteiger partial charge >= 0.3 is 0 Å². The van der Waals surface area contributed by atoms with Gasteiger partial charge in [-0.15, -0.1) is 0 Å². The highest BCUT2D eigenvalue weighted by molar-refractivity contribution is 9.10. The molecule has 184 valence electrons. The number of phenolic OH excluding ortho intramolecular Hbond substituents is 1. The Morgan fingerprint density at radius 3 is 2.66 bits per heavy atom. The second kappa shape index (κ2) is 7.22. The van der Waals surface area contributed by atoms with Gasteiger partial charge in [0.2, 0.25) is 0 Å². The van der Waals surface area contributed by atoms with E-state index in [-0.39, 0.29) is 28.4 Å². The van der Waals surface area contributed by atoms with Crippen molar-refractivity contribution in [2.75, 3.05) is 13.1 Å². The van der Waals surface area contributed by atoms with E-state index >= 15 is 0 Å². The number of likely N-dealkylation sites (tertiary alicyclic amines) is 1. The van der Waals surface area contributed by atoms with Crippen LogP contribution < -0.4 is 10.1 Å². The van der Waals surface area contributed by atoms with Crippen molar-refractivity contribution < 1.29 is 29.6 Å². The summed E-state index contributed by atoms with van der Waals surface area (Å²) in [5.41, 5.74) is 0.530. The number of nitrogens with zero attached hydrogens (tertiary/aromatic N) is 1. The Kier molecular flexibility index (Phi) is 4.56. The smallest absolute Gasteiger partial charge is 0.251 e. The number of hydrogen-bond acceptors (Lipinski definition) is 5. The molecule has 8 heteroatoms. The van der Waals surface area contributed by atoms with Gasteiger partial charge in [-0.25, -0.2) is 5.21 Å². The summed E-state index contributed by atoms with van der Waals surface area (Å²) in [6.45, 7) is 1.21. The number of aromatic hydroxyl groups is 1. The zero-order valence-electron chi connectivity index (χ0n) is 19.4. The highest BCUT2D eigenvalue weighted by Gasteiger charge is 2.77. The van der Waals surface area contributed by atoms with Crippen LogP contribution in [0.5, 0.6) is 11.5 Å². The zero-order valence-corrected chi connectivity index (χ0v) is 21.0. The lowest BCUT2D eigenvalue weighted by Gasteiger charge is -2.63. The third-order valence-electron chi connectivity index (χ3n) is 9.51. The van der Waals surface area contributed by atoms with Crippen LogP contribution in [-0.2, 0) is 11.8 Å². The molecule has 2 aliphatic heterocycles. The van der Waals surface area contributed by atoms with Gasteiger partial charge in [0.15, 0.2) is 17.5 Å². The Bertz CT molecular complexity index is 1230. The fourth-order valence-corrected chi connectivity index (χ4v) is 8.05. The van der Waals surface area contributed by atoms with Crippen LogP contribution in [0.1, 0.15) is 53.6 Å². The summed E-state index contributed by atoms with van der Waals surface area (Å²) in [7, 11) is 0. The minimum Gasteiger partial charge on any atom is -0.504 e. The van der Waals surface area contributed by atoms with Gasteiger partial charge in [0.05, 0.1) is 11.5 Å². The highest BCUT2D eigenvalue weighted by Crippen LogP contribution is 2.66. The predicted octanol–water partition coefficient (Wildman–Crippen LogP) is 3.42. The van der Waals surface area contributed by atoms with E-state index in [4.69, 9.17) is 4.74 Å². The van der Waals surface area contributed by atoms with Crippen molar-refractivity contribution >= 4 is 21.8 Å². The minimum atomic E-state index is -1.18. The number of amides is 1. The first-order chi connectivity index (χ1) is 16.7. The molecule has 5 aliphatic rings. The monoisotopic (exact) mass is 541 g/mol. The van der Waals surface area contributed by atoms with E-state index < -0.39 is 17.1 Å². The number of nitrogens with one attached hydrogen (secondary N) is 1. The standard InChI is InChI=1S/C27H29BrN2O5/c28-18-6-3-16(4-7-18)25(32)29-19-9-10-27(33)21-13-17-5-8-20(31)23-22(17)26(27,24(19)35-23)11-12-30(21,34)14-15-1-2-15/h3-8,15,19,21,24,33-34H,1-2,9-14H2,(H-,29,31,32)/p+1/t19-,21-,24+,26+,27-,30?/m1/s1. The number of quaternary nitrogens is 1. The van der Waals surface area contributed by atoms with Crippen LogP contribution in [0.2, 0.25) is 0 Å². The maximum atomic E-state index is 13.2. The number of piperidine rings is 1. The van der Waals surface area contributed by atoms with Crippen LogP contribution in [0.25, 0.3) is 0 Å². The normalized spacial score (nSPS) is 38.4. The summed E-state index contributed by atoms with van der Waals surface area (Å²) < 4.78 is 7.29. The van der Waals surface area contributed by atoms with Gasteiger partial charge in [-0.1, -0.05) is 22.0 Å². The summed E-state index contributed by atoms with van der Waals surface area (Å²) >= 11 is 3.41. The number of hydrogen-bond donors (Lipinski definition) is 4. The molecule has 4 N–H and O–H groups in total. The molecule has 2 aromatic carbocycles. The fourth-order valence-electron chi connectivity index (χ4n) is 7.78. The lowest BCUT2D eigenvalue weighted by atomic mass is 9.48. The Balaban J connectivity index is 1.31. The molecule has 1 spiro atoms. The molecular weight excluding hydrogens is 512 g/mol. The Morgan fingerprint density at radius 2 is 1.91 bits per heavy atom. The number of carbonyl (C=O) groups is 1. The topological polar surface area (TPSA) is 99.0 Å². The van der Waals surface area contributed by atoms with Crippen LogP contribution in [0, 0.1) is 5.92 Å². The summed E-state index contributed by atoms with van der Waals surface area (Å²) in [5.74, 6) is 0.845. The second-order valence-electron chi connectivity index (χ2n) is 11.3. The number of benzene rings is 2. The molecule has 7 nitrogen and oxygen atoms in total. The van der Waals surface area contributed by atoms with E-state index in [1.54, 1.807) is 18.2 Å². The van der Waals surface area contributed by atoms with E-state index in [1.165, 1.54) is 0 Å². The first kappa shape index (κ1) is 22.1. The number of halogens is 1. The molecule has 2 heterocycles. The van der Waals surface area contributed by atoms with Crippen molar-refractivity contribution in [2.45, 2.75) is 67.7 Å². The van der Waals surface area contributed by atoms with Gasteiger partial charge in [-0.3, -0.25) is 4.79 Å². The van der Waals surface area contributed by atoms with Gasteiger partial charge in [0.25, 0.3) is 5.91 Å². The molecule has 1 unspecified atom stereocenters. The van der Waals surface area contributed by atoms with Crippen molar-refractivity contribution in [1.29, 1.82) is 0 Å². The molecule has 3 fully saturated rings. The maximum Gasteiger partial charge on any atom is 0.251 e. The van der Waals surface area contributed by atoms with Gasteiger partial charge in [-0.05, 0) is 61.6 Å². The molecule has 1 saturated heterocycles. The van der Waals surface area contributed by atoms with E-state index in [1.807, 2.05) is 18.2 Å². The number of aliphatic hydroxyl groups is 1. The number of carbonyl (C=O) groups excluding carboxylic acids is 1. The van der Waals surface area contributed by atoms with Gasteiger partial charge in [0, 0.05) is 34.4 Å². The highest BCUT2D eigenvalue weighted by atomic mass is 79.9. The molecule has 2 aromatic rings. The zero-order chi connectivity index (χ0) is 24.2. The van der Waals surface area contributed by atoms with Crippen LogP contribution >= 0.6 is 15.9 Å². The van der Waals surface area contributed by atoms with Gasteiger partial charge in [-0.2, -0.15) is 4.65 Å². The Labute approximate surface area is 212 Å². The maximum absolute atomic E-state index is 13.2. The van der Waals surface area contributed by atoms with Crippen molar-refractivity contribution in [3.05, 3.63) is 57.6 Å². The van der Waals surface area contributed by atoms with Crippen molar-refractivity contribution in [1.82, 2.24) is 5.32 Å². The van der Waals surface area contributed by atoms with E-state index in [2.05, 4.69) is 21.2 Å².